The number of hydrogen-bond donors (Lipinski definition) is 4. The third kappa shape index (κ3) is 9.09. The summed E-state index contributed by atoms with van der Waals surface area (Å²) in [5, 5.41) is 9.38. The summed E-state index contributed by atoms with van der Waals surface area (Å²) in [6, 6.07) is 16.7. The van der Waals surface area contributed by atoms with Gasteiger partial charge in [0.15, 0.2) is 0 Å². The maximum Gasteiger partial charge on any atom is 0.250 e. The van der Waals surface area contributed by atoms with Crippen LogP contribution >= 0.6 is 0 Å². The molecule has 4 aliphatic carbocycles. The summed E-state index contributed by atoms with van der Waals surface area (Å²) >= 11 is 0. The van der Waals surface area contributed by atoms with Gasteiger partial charge >= 0.3 is 0 Å². The first-order chi connectivity index (χ1) is 29.7. The Hall–Kier alpha value is -5.52. The third-order valence-electron chi connectivity index (χ3n) is 14.0. The van der Waals surface area contributed by atoms with Gasteiger partial charge in [-0.15, -0.1) is 0 Å². The molecule has 1 aromatic heterocycles. The van der Waals surface area contributed by atoms with Gasteiger partial charge in [0.1, 0.15) is 23.9 Å². The van der Waals surface area contributed by atoms with E-state index in [-0.39, 0.29) is 53.5 Å². The van der Waals surface area contributed by atoms with Gasteiger partial charge in [-0.2, -0.15) is 0 Å². The Kier molecular flexibility index (Phi) is 11.9. The fourth-order valence-electron chi connectivity index (χ4n) is 10.2. The molecule has 0 bridgehead atoms. The number of aromatic amines is 1. The van der Waals surface area contributed by atoms with Crippen molar-refractivity contribution in [2.45, 2.75) is 121 Å². The molecule has 12 nitrogen and oxygen atoms in total. The van der Waals surface area contributed by atoms with Crippen LogP contribution in [0.2, 0.25) is 0 Å². The lowest BCUT2D eigenvalue weighted by molar-refractivity contribution is -0.142. The van der Waals surface area contributed by atoms with Gasteiger partial charge in [-0.25, -0.2) is 4.98 Å². The van der Waals surface area contributed by atoms with Crippen LogP contribution in [0.15, 0.2) is 84.6 Å². The van der Waals surface area contributed by atoms with E-state index in [1.54, 1.807) is 4.90 Å². The molecule has 320 valence electrons. The number of carbonyl (C=O) groups is 5. The fourth-order valence-corrected chi connectivity index (χ4v) is 10.2. The van der Waals surface area contributed by atoms with Crippen molar-refractivity contribution < 1.29 is 24.0 Å². The lowest BCUT2D eigenvalue weighted by atomic mass is 9.74. The van der Waals surface area contributed by atoms with Crippen molar-refractivity contribution in [3.8, 4) is 0 Å². The molecule has 9 rings (SSSR count). The van der Waals surface area contributed by atoms with E-state index in [1.807, 2.05) is 71.8 Å². The number of likely N-dealkylation sites (tertiary alicyclic amines) is 2. The molecule has 2 aliphatic heterocycles. The summed E-state index contributed by atoms with van der Waals surface area (Å²) in [5.41, 5.74) is 5.16. The third-order valence-corrected chi connectivity index (χ3v) is 14.0. The standard InChI is InChI=1S/C49H59N7O5/c1-30-28-36(39-29-50-44(52-39)40-14-8-26-55(40)48(60)42(32-10-4-2-5-11-32)53-45(57)34-16-17-34)22-25-38(30)31-20-23-37(24-21-31)51-47(59)41-15-9-27-56(41)49(61)43(33-12-6-3-7-13-33)54-46(58)35-18-19-35/h2-7,10-13,22,25,29-31,34-35,37,40-43H,8-9,14-21,23-24,26-28H2,1H3,(H,50,52)(H,51,59)(H,53,57)(H,54,58)/t30?,31?,37?,40-,41-,42+,43?/m0/s1. The maximum atomic E-state index is 14.1. The molecular formula is C49H59N7O5. The molecule has 3 saturated carbocycles. The van der Waals surface area contributed by atoms with Crippen molar-refractivity contribution in [2.75, 3.05) is 13.1 Å². The first-order valence-corrected chi connectivity index (χ1v) is 22.8. The zero-order valence-electron chi connectivity index (χ0n) is 35.2. The van der Waals surface area contributed by atoms with Crippen LogP contribution in [0.4, 0.5) is 0 Å². The Bertz CT molecular complexity index is 2170. The van der Waals surface area contributed by atoms with E-state index in [1.165, 1.54) is 11.1 Å². The number of rotatable bonds is 13. The van der Waals surface area contributed by atoms with Crippen molar-refractivity contribution in [3.63, 3.8) is 0 Å². The average molecular weight is 826 g/mol. The molecule has 3 aromatic rings. The van der Waals surface area contributed by atoms with Crippen LogP contribution < -0.4 is 16.0 Å². The van der Waals surface area contributed by atoms with Gasteiger partial charge in [-0.3, -0.25) is 24.0 Å². The minimum Gasteiger partial charge on any atom is -0.352 e. The van der Waals surface area contributed by atoms with E-state index in [0.29, 0.717) is 31.3 Å². The van der Waals surface area contributed by atoms with Gasteiger partial charge in [0.05, 0.1) is 17.9 Å². The van der Waals surface area contributed by atoms with Crippen LogP contribution in [0, 0.1) is 23.7 Å². The maximum absolute atomic E-state index is 14.1. The molecule has 0 spiro atoms. The second kappa shape index (κ2) is 17.8. The molecule has 4 N–H and O–H groups in total. The second-order valence-electron chi connectivity index (χ2n) is 18.3. The van der Waals surface area contributed by atoms with Crippen LogP contribution in [0.5, 0.6) is 0 Å². The summed E-state index contributed by atoms with van der Waals surface area (Å²) in [6.07, 6.45) is 17.6. The minimum atomic E-state index is -0.798. The van der Waals surface area contributed by atoms with E-state index in [9.17, 15) is 24.0 Å². The Labute approximate surface area is 358 Å². The Morgan fingerprint density at radius 2 is 1.25 bits per heavy atom. The molecule has 6 aliphatic rings. The molecule has 0 radical (unpaired) electrons. The lowest BCUT2D eigenvalue weighted by Gasteiger charge is -2.35. The highest BCUT2D eigenvalue weighted by Crippen LogP contribution is 2.41. The molecule has 3 heterocycles. The van der Waals surface area contributed by atoms with Crippen molar-refractivity contribution >= 4 is 35.1 Å². The zero-order chi connectivity index (χ0) is 42.0. The van der Waals surface area contributed by atoms with Gasteiger partial charge in [0.25, 0.3) is 0 Å². The summed E-state index contributed by atoms with van der Waals surface area (Å²) < 4.78 is 0. The number of carbonyl (C=O) groups excluding carboxylic acids is 5. The lowest BCUT2D eigenvalue weighted by Crippen LogP contribution is -2.52. The van der Waals surface area contributed by atoms with Gasteiger partial charge in [-0.1, -0.05) is 85.3 Å². The molecule has 5 amide bonds. The normalized spacial score (nSPS) is 26.1. The van der Waals surface area contributed by atoms with E-state index in [2.05, 4.69) is 40.0 Å². The largest absolute Gasteiger partial charge is 0.352 e. The molecule has 2 aromatic carbocycles. The molecule has 61 heavy (non-hydrogen) atoms. The highest BCUT2D eigenvalue weighted by molar-refractivity contribution is 5.94. The SMILES string of the molecule is CC1CC(c2cnc([C@@H]3CCCN3C(=O)[C@H](NC(=O)C3CC3)c3ccccc3)[nH]2)=CC=C1C1CCC(NC(=O)[C@@H]2CCCN2C(=O)C(NC(=O)C2CC2)c2ccccc2)CC1. The Morgan fingerprint density at radius 1 is 0.672 bits per heavy atom. The number of allylic oxidation sites excluding steroid dienone is 4. The number of hydrogen-bond acceptors (Lipinski definition) is 6. The number of amides is 5. The molecule has 5 fully saturated rings. The van der Waals surface area contributed by atoms with Crippen LogP contribution in [-0.2, 0) is 24.0 Å². The van der Waals surface area contributed by atoms with Crippen molar-refractivity contribution in [3.05, 3.63) is 107 Å². The van der Waals surface area contributed by atoms with Crippen LogP contribution in [0.3, 0.4) is 0 Å². The first kappa shape index (κ1) is 40.9. The summed E-state index contributed by atoms with van der Waals surface area (Å²) in [6.45, 7) is 3.42. The van der Waals surface area contributed by atoms with Crippen molar-refractivity contribution in [1.82, 2.24) is 35.7 Å². The molecular weight excluding hydrogens is 767 g/mol. The monoisotopic (exact) mass is 825 g/mol. The number of imidazole rings is 1. The van der Waals surface area contributed by atoms with E-state index in [4.69, 9.17) is 4.98 Å². The van der Waals surface area contributed by atoms with Gasteiger partial charge in [0.2, 0.25) is 29.5 Å². The van der Waals surface area contributed by atoms with E-state index in [0.717, 1.165) is 99.7 Å². The summed E-state index contributed by atoms with van der Waals surface area (Å²) in [4.78, 5) is 79.5. The van der Waals surface area contributed by atoms with Crippen LogP contribution in [0.1, 0.15) is 131 Å². The Balaban J connectivity index is 0.801. The Morgan fingerprint density at radius 3 is 1.84 bits per heavy atom. The second-order valence-corrected chi connectivity index (χ2v) is 18.3. The minimum absolute atomic E-state index is 0.00583. The molecule has 2 unspecified atom stereocenters. The molecule has 5 atom stereocenters. The van der Waals surface area contributed by atoms with E-state index < -0.39 is 18.1 Å². The van der Waals surface area contributed by atoms with Gasteiger partial charge < -0.3 is 30.7 Å². The number of nitrogens with zero attached hydrogens (tertiary/aromatic N) is 3. The topological polar surface area (TPSA) is 157 Å². The molecule has 2 saturated heterocycles. The number of nitrogens with one attached hydrogen (secondary N) is 4. The number of benzene rings is 2. The van der Waals surface area contributed by atoms with Crippen molar-refractivity contribution in [1.29, 1.82) is 0 Å². The highest BCUT2D eigenvalue weighted by Gasteiger charge is 2.42. The molecule has 12 heteroatoms. The van der Waals surface area contributed by atoms with Crippen LogP contribution in [0.25, 0.3) is 5.57 Å². The van der Waals surface area contributed by atoms with E-state index >= 15 is 0 Å². The predicted molar refractivity (Wildman–Crippen MR) is 231 cm³/mol. The number of aromatic nitrogens is 2. The average Bonchev–Trinajstić information content (AvgIpc) is 4.16. The fraction of sp³-hybridized carbons (Fsp3) is 0.510. The highest BCUT2D eigenvalue weighted by atomic mass is 16.2. The zero-order valence-corrected chi connectivity index (χ0v) is 35.2. The van der Waals surface area contributed by atoms with Gasteiger partial charge in [0, 0.05) is 31.0 Å². The summed E-state index contributed by atoms with van der Waals surface area (Å²) in [7, 11) is 0. The van der Waals surface area contributed by atoms with Crippen molar-refractivity contribution in [2.24, 2.45) is 23.7 Å². The number of H-pyrrole nitrogens is 1. The van der Waals surface area contributed by atoms with Crippen LogP contribution in [-0.4, -0.2) is 74.5 Å². The summed E-state index contributed by atoms with van der Waals surface area (Å²) in [5.74, 6) is 1.03. The first-order valence-electron chi connectivity index (χ1n) is 22.8. The smallest absolute Gasteiger partial charge is 0.250 e. The predicted octanol–water partition coefficient (Wildman–Crippen LogP) is 6.62. The van der Waals surface area contributed by atoms with Gasteiger partial charge in [-0.05, 0) is 112 Å². The quantitative estimate of drug-likeness (QED) is 0.152.